The highest BCUT2D eigenvalue weighted by Gasteiger charge is 2.21. The number of rotatable bonds is 6. The molecule has 24 heavy (non-hydrogen) atoms. The molecule has 1 aliphatic rings. The van der Waals surface area contributed by atoms with Gasteiger partial charge < -0.3 is 20.3 Å². The Bertz CT molecular complexity index is 525. The summed E-state index contributed by atoms with van der Waals surface area (Å²) in [6.45, 7) is 5.36. The third-order valence-electron chi connectivity index (χ3n) is 4.10. The van der Waals surface area contributed by atoms with Crippen LogP contribution in [0.2, 0.25) is 0 Å². The normalized spacial score (nSPS) is 16.1. The number of hydrogen-bond acceptors (Lipinski definition) is 3. The van der Waals surface area contributed by atoms with Gasteiger partial charge in [0.2, 0.25) is 5.91 Å². The van der Waals surface area contributed by atoms with Crippen LogP contribution in [0.1, 0.15) is 25.3 Å². The molecule has 0 spiro atoms. The Hall–Kier alpha value is -2.08. The second-order valence-electron chi connectivity index (χ2n) is 5.80. The van der Waals surface area contributed by atoms with Gasteiger partial charge in [-0.2, -0.15) is 0 Å². The molecule has 0 atom stereocenters. The molecule has 2 rings (SSSR count). The molecule has 1 saturated heterocycles. The molecule has 0 bridgehead atoms. The second kappa shape index (κ2) is 9.93. The molecule has 1 heterocycles. The van der Waals surface area contributed by atoms with E-state index in [2.05, 4.69) is 20.5 Å². The largest absolute Gasteiger partial charge is 0.378 e. The minimum Gasteiger partial charge on any atom is -0.378 e. The predicted octanol–water partition coefficient (Wildman–Crippen LogP) is 1.38. The van der Waals surface area contributed by atoms with Crippen molar-refractivity contribution >= 4 is 11.9 Å². The molecule has 132 valence electrons. The first-order valence-corrected chi connectivity index (χ1v) is 8.60. The van der Waals surface area contributed by atoms with Gasteiger partial charge in [-0.25, -0.2) is 0 Å². The molecule has 6 heteroatoms. The first-order valence-electron chi connectivity index (χ1n) is 8.60. The number of hydrogen-bond donors (Lipinski definition) is 2. The molecular weight excluding hydrogens is 304 g/mol. The molecule has 6 nitrogen and oxygen atoms in total. The lowest BCUT2D eigenvalue weighted by Gasteiger charge is -2.33. The number of benzene rings is 1. The highest BCUT2D eigenvalue weighted by molar-refractivity contribution is 5.86. The van der Waals surface area contributed by atoms with E-state index in [4.69, 9.17) is 4.74 Å². The molecule has 0 aliphatic carbocycles. The van der Waals surface area contributed by atoms with Crippen LogP contribution >= 0.6 is 0 Å². The van der Waals surface area contributed by atoms with Crippen molar-refractivity contribution in [3.63, 3.8) is 0 Å². The van der Waals surface area contributed by atoms with Crippen LogP contribution in [-0.2, 0) is 16.1 Å². The maximum Gasteiger partial charge on any atom is 0.239 e. The monoisotopic (exact) mass is 332 g/mol. The van der Waals surface area contributed by atoms with Crippen LogP contribution in [0, 0.1) is 0 Å². The number of nitrogens with zero attached hydrogens (tertiary/aromatic N) is 2. The van der Waals surface area contributed by atoms with Gasteiger partial charge in [0.1, 0.15) is 0 Å². The van der Waals surface area contributed by atoms with Gasteiger partial charge in [0.25, 0.3) is 0 Å². The van der Waals surface area contributed by atoms with Gasteiger partial charge in [0, 0.05) is 33.3 Å². The van der Waals surface area contributed by atoms with Crippen LogP contribution in [0.4, 0.5) is 0 Å². The first-order chi connectivity index (χ1) is 11.7. The minimum atomic E-state index is -0.0378. The lowest BCUT2D eigenvalue weighted by Crippen LogP contribution is -2.49. The van der Waals surface area contributed by atoms with Crippen LogP contribution in [0.5, 0.6) is 0 Å². The van der Waals surface area contributed by atoms with Gasteiger partial charge in [-0.3, -0.25) is 9.79 Å². The van der Waals surface area contributed by atoms with Crippen molar-refractivity contribution in [2.45, 2.75) is 32.4 Å². The van der Waals surface area contributed by atoms with Crippen molar-refractivity contribution in [2.75, 3.05) is 33.3 Å². The fourth-order valence-corrected chi connectivity index (χ4v) is 2.82. The van der Waals surface area contributed by atoms with Crippen molar-refractivity contribution in [1.29, 1.82) is 0 Å². The van der Waals surface area contributed by atoms with Gasteiger partial charge in [0.05, 0.1) is 12.6 Å². The number of aliphatic imine (C=N–C) groups is 1. The molecule has 1 aromatic carbocycles. The molecule has 1 fully saturated rings. The number of piperidine rings is 1. The van der Waals surface area contributed by atoms with Gasteiger partial charge in [0.15, 0.2) is 5.96 Å². The topological polar surface area (TPSA) is 66.0 Å². The van der Waals surface area contributed by atoms with Crippen molar-refractivity contribution < 1.29 is 9.53 Å². The highest BCUT2D eigenvalue weighted by Crippen LogP contribution is 2.13. The number of carbonyl (C=O) groups is 1. The fraction of sp³-hybridized carbons (Fsp3) is 0.556. The molecular formula is C18H28N4O2. The van der Waals surface area contributed by atoms with Crippen LogP contribution in [0.25, 0.3) is 0 Å². The Labute approximate surface area is 144 Å². The molecule has 2 N–H and O–H groups in total. The Morgan fingerprint density at radius 2 is 1.96 bits per heavy atom. The minimum absolute atomic E-state index is 0.0378. The number of guanidine groups is 1. The van der Waals surface area contributed by atoms with E-state index in [-0.39, 0.29) is 12.5 Å². The standard InChI is InChI=1S/C18H28N4O2/c1-3-24-16-9-11-22(12-10-16)18(19-2)21-14-17(23)20-13-15-7-5-4-6-8-15/h4-8,16H,3,9-14H2,1-2H3,(H,19,21)(H,20,23). The molecule has 1 aliphatic heterocycles. The van der Waals surface area contributed by atoms with Crippen LogP contribution < -0.4 is 10.6 Å². The van der Waals surface area contributed by atoms with Crippen LogP contribution in [0.15, 0.2) is 35.3 Å². The zero-order valence-corrected chi connectivity index (χ0v) is 14.6. The summed E-state index contributed by atoms with van der Waals surface area (Å²) in [5.74, 6) is 0.740. The first kappa shape index (κ1) is 18.3. The average Bonchev–Trinajstić information content (AvgIpc) is 2.63. The lowest BCUT2D eigenvalue weighted by atomic mass is 10.1. The number of likely N-dealkylation sites (tertiary alicyclic amines) is 1. The van der Waals surface area contributed by atoms with E-state index in [9.17, 15) is 4.79 Å². The summed E-state index contributed by atoms with van der Waals surface area (Å²) < 4.78 is 5.67. The Kier molecular flexibility index (Phi) is 7.55. The third-order valence-corrected chi connectivity index (χ3v) is 4.10. The summed E-state index contributed by atoms with van der Waals surface area (Å²) in [5.41, 5.74) is 1.09. The summed E-state index contributed by atoms with van der Waals surface area (Å²) in [6, 6.07) is 9.89. The van der Waals surface area contributed by atoms with Gasteiger partial charge in [-0.15, -0.1) is 0 Å². The van der Waals surface area contributed by atoms with Crippen LogP contribution in [-0.4, -0.2) is 56.2 Å². The maximum atomic E-state index is 12.0. The Balaban J connectivity index is 1.70. The van der Waals surface area contributed by atoms with Crippen molar-refractivity contribution in [1.82, 2.24) is 15.5 Å². The van der Waals surface area contributed by atoms with Gasteiger partial charge >= 0.3 is 0 Å². The molecule has 1 amide bonds. The zero-order chi connectivity index (χ0) is 17.2. The Morgan fingerprint density at radius 3 is 2.58 bits per heavy atom. The Morgan fingerprint density at radius 1 is 1.25 bits per heavy atom. The van der Waals surface area contributed by atoms with E-state index in [0.717, 1.165) is 44.1 Å². The van der Waals surface area contributed by atoms with Crippen molar-refractivity contribution in [3.05, 3.63) is 35.9 Å². The number of ether oxygens (including phenoxy) is 1. The van der Waals surface area contributed by atoms with Crippen molar-refractivity contribution in [2.24, 2.45) is 4.99 Å². The van der Waals surface area contributed by atoms with Gasteiger partial charge in [-0.05, 0) is 25.3 Å². The third kappa shape index (κ3) is 5.85. The van der Waals surface area contributed by atoms with E-state index in [1.807, 2.05) is 37.3 Å². The van der Waals surface area contributed by atoms with E-state index in [0.29, 0.717) is 12.6 Å². The molecule has 0 radical (unpaired) electrons. The molecule has 0 unspecified atom stereocenters. The molecule has 0 aromatic heterocycles. The summed E-state index contributed by atoms with van der Waals surface area (Å²) in [5, 5.41) is 6.06. The number of amides is 1. The average molecular weight is 332 g/mol. The van der Waals surface area contributed by atoms with Crippen LogP contribution in [0.3, 0.4) is 0 Å². The van der Waals surface area contributed by atoms with E-state index in [1.54, 1.807) is 7.05 Å². The summed E-state index contributed by atoms with van der Waals surface area (Å²) in [6.07, 6.45) is 2.34. The molecule has 1 aromatic rings. The summed E-state index contributed by atoms with van der Waals surface area (Å²) in [4.78, 5) is 18.5. The number of nitrogens with one attached hydrogen (secondary N) is 2. The van der Waals surface area contributed by atoms with Gasteiger partial charge in [-0.1, -0.05) is 30.3 Å². The SMILES string of the molecule is CCOC1CCN(C(=NC)NCC(=O)NCc2ccccc2)CC1. The van der Waals surface area contributed by atoms with E-state index >= 15 is 0 Å². The summed E-state index contributed by atoms with van der Waals surface area (Å²) >= 11 is 0. The quantitative estimate of drug-likeness (QED) is 0.610. The predicted molar refractivity (Wildman–Crippen MR) is 95.9 cm³/mol. The lowest BCUT2D eigenvalue weighted by molar-refractivity contribution is -0.120. The molecule has 0 saturated carbocycles. The van der Waals surface area contributed by atoms with Crippen molar-refractivity contribution in [3.8, 4) is 0 Å². The summed E-state index contributed by atoms with van der Waals surface area (Å²) in [7, 11) is 1.75. The van der Waals surface area contributed by atoms with E-state index in [1.165, 1.54) is 0 Å². The highest BCUT2D eigenvalue weighted by atomic mass is 16.5. The number of carbonyl (C=O) groups excluding carboxylic acids is 1. The maximum absolute atomic E-state index is 12.0. The smallest absolute Gasteiger partial charge is 0.239 e. The fourth-order valence-electron chi connectivity index (χ4n) is 2.82. The zero-order valence-electron chi connectivity index (χ0n) is 14.6. The van der Waals surface area contributed by atoms with E-state index < -0.39 is 0 Å². The second-order valence-corrected chi connectivity index (χ2v) is 5.80.